The van der Waals surface area contributed by atoms with Gasteiger partial charge in [0.15, 0.2) is 5.01 Å². The quantitative estimate of drug-likeness (QED) is 0.922. The number of hydrogen-bond donors (Lipinski definition) is 1. The number of carbonyl (C=O) groups is 1. The van der Waals surface area contributed by atoms with E-state index in [0.29, 0.717) is 17.6 Å². The molecule has 22 heavy (non-hydrogen) atoms. The van der Waals surface area contributed by atoms with Gasteiger partial charge in [-0.15, -0.1) is 11.3 Å². The number of likely N-dealkylation sites (tertiary alicyclic amines) is 1. The molecule has 1 unspecified atom stereocenters. The fourth-order valence-corrected chi connectivity index (χ4v) is 3.69. The first-order chi connectivity index (χ1) is 10.8. The normalized spacial score (nSPS) is 18.5. The zero-order chi connectivity index (χ0) is 15.4. The molecule has 1 saturated heterocycles. The maximum absolute atomic E-state index is 12.3. The van der Waals surface area contributed by atoms with E-state index in [1.165, 1.54) is 24.2 Å². The predicted molar refractivity (Wildman–Crippen MR) is 90.2 cm³/mol. The van der Waals surface area contributed by atoms with Crippen molar-refractivity contribution in [3.8, 4) is 11.3 Å². The van der Waals surface area contributed by atoms with Crippen LogP contribution in [0.1, 0.15) is 29.6 Å². The number of rotatable bonds is 5. The standard InChI is InChI=1S/C17H21N3OS/c1-2-20-10-6-9-14(20)11-18-16(21)17-19-15(12-22-17)13-7-4-3-5-8-13/h3-5,7-8,12,14H,2,6,9-11H2,1H3,(H,18,21). The lowest BCUT2D eigenvalue weighted by atomic mass is 10.2. The van der Waals surface area contributed by atoms with Crippen molar-refractivity contribution in [2.45, 2.75) is 25.8 Å². The van der Waals surface area contributed by atoms with Gasteiger partial charge >= 0.3 is 0 Å². The van der Waals surface area contributed by atoms with Gasteiger partial charge < -0.3 is 5.32 Å². The monoisotopic (exact) mass is 315 g/mol. The fraction of sp³-hybridized carbons (Fsp3) is 0.412. The lowest BCUT2D eigenvalue weighted by Gasteiger charge is -2.22. The molecule has 0 bridgehead atoms. The number of carbonyl (C=O) groups excluding carboxylic acids is 1. The molecule has 0 radical (unpaired) electrons. The molecule has 0 spiro atoms. The summed E-state index contributed by atoms with van der Waals surface area (Å²) in [5, 5.41) is 5.52. The van der Waals surface area contributed by atoms with Gasteiger partial charge in [-0.1, -0.05) is 37.3 Å². The molecule has 5 heteroatoms. The van der Waals surface area contributed by atoms with Crippen LogP contribution >= 0.6 is 11.3 Å². The average molecular weight is 315 g/mol. The molecule has 1 aromatic heterocycles. The summed E-state index contributed by atoms with van der Waals surface area (Å²) in [5.41, 5.74) is 1.91. The molecule has 116 valence electrons. The first-order valence-electron chi connectivity index (χ1n) is 7.81. The van der Waals surface area contributed by atoms with E-state index in [1.807, 2.05) is 35.7 Å². The second-order valence-corrected chi connectivity index (χ2v) is 6.40. The van der Waals surface area contributed by atoms with Crippen LogP contribution in [-0.4, -0.2) is 41.5 Å². The number of aromatic nitrogens is 1. The minimum atomic E-state index is -0.0601. The highest BCUT2D eigenvalue weighted by Crippen LogP contribution is 2.21. The number of thiazole rings is 1. The molecule has 1 aliphatic rings. The van der Waals surface area contributed by atoms with Gasteiger partial charge in [-0.05, 0) is 25.9 Å². The molecule has 1 aromatic carbocycles. The summed E-state index contributed by atoms with van der Waals surface area (Å²) in [6.07, 6.45) is 2.39. The molecule has 1 atom stereocenters. The SMILES string of the molecule is CCN1CCCC1CNC(=O)c1nc(-c2ccccc2)cs1. The van der Waals surface area contributed by atoms with Gasteiger partial charge in [-0.25, -0.2) is 4.98 Å². The Kier molecular flexibility index (Phi) is 4.85. The number of nitrogens with zero attached hydrogens (tertiary/aromatic N) is 2. The molecule has 1 N–H and O–H groups in total. The Morgan fingerprint density at radius 2 is 2.23 bits per heavy atom. The van der Waals surface area contributed by atoms with Gasteiger partial charge in [0.05, 0.1) is 5.69 Å². The number of nitrogens with one attached hydrogen (secondary N) is 1. The van der Waals surface area contributed by atoms with Crippen molar-refractivity contribution in [3.63, 3.8) is 0 Å². The van der Waals surface area contributed by atoms with Gasteiger partial charge in [-0.2, -0.15) is 0 Å². The van der Waals surface area contributed by atoms with E-state index >= 15 is 0 Å². The van der Waals surface area contributed by atoms with E-state index in [9.17, 15) is 4.79 Å². The van der Waals surface area contributed by atoms with Crippen LogP contribution in [0.15, 0.2) is 35.7 Å². The molecule has 0 saturated carbocycles. The third kappa shape index (κ3) is 3.36. The van der Waals surface area contributed by atoms with E-state index in [2.05, 4.69) is 22.1 Å². The van der Waals surface area contributed by atoms with Gasteiger partial charge in [0, 0.05) is 23.5 Å². The summed E-state index contributed by atoms with van der Waals surface area (Å²) in [4.78, 5) is 19.1. The number of likely N-dealkylation sites (N-methyl/N-ethyl adjacent to an activating group) is 1. The molecule has 3 rings (SSSR count). The number of hydrogen-bond acceptors (Lipinski definition) is 4. The first-order valence-corrected chi connectivity index (χ1v) is 8.69. The number of benzene rings is 1. The largest absolute Gasteiger partial charge is 0.348 e. The Morgan fingerprint density at radius 1 is 1.41 bits per heavy atom. The van der Waals surface area contributed by atoms with Crippen LogP contribution in [-0.2, 0) is 0 Å². The van der Waals surface area contributed by atoms with Crippen LogP contribution in [0.2, 0.25) is 0 Å². The molecule has 1 aliphatic heterocycles. The summed E-state index contributed by atoms with van der Waals surface area (Å²) in [6, 6.07) is 10.4. The van der Waals surface area contributed by atoms with Crippen molar-refractivity contribution >= 4 is 17.2 Å². The third-order valence-corrected chi connectivity index (χ3v) is 5.01. The smallest absolute Gasteiger partial charge is 0.280 e. The van der Waals surface area contributed by atoms with E-state index in [0.717, 1.165) is 24.3 Å². The average Bonchev–Trinajstić information content (AvgIpc) is 3.22. The summed E-state index contributed by atoms with van der Waals surface area (Å²) in [7, 11) is 0. The molecule has 4 nitrogen and oxygen atoms in total. The maximum Gasteiger partial charge on any atom is 0.280 e. The molecule has 1 amide bonds. The van der Waals surface area contributed by atoms with E-state index in [-0.39, 0.29) is 5.91 Å². The molecule has 0 aliphatic carbocycles. The van der Waals surface area contributed by atoms with Gasteiger partial charge in [0.25, 0.3) is 5.91 Å². The zero-order valence-corrected chi connectivity index (χ0v) is 13.6. The maximum atomic E-state index is 12.3. The fourth-order valence-electron chi connectivity index (χ4n) is 2.95. The topological polar surface area (TPSA) is 45.2 Å². The highest BCUT2D eigenvalue weighted by atomic mass is 32.1. The van der Waals surface area contributed by atoms with E-state index in [1.54, 1.807) is 0 Å². The molecule has 2 aromatic rings. The van der Waals surface area contributed by atoms with E-state index < -0.39 is 0 Å². The van der Waals surface area contributed by atoms with Crippen molar-refractivity contribution in [3.05, 3.63) is 40.7 Å². The summed E-state index contributed by atoms with van der Waals surface area (Å²) >= 11 is 1.40. The van der Waals surface area contributed by atoms with Crippen LogP contribution in [0.25, 0.3) is 11.3 Å². The Bertz CT molecular complexity index is 626. The first kappa shape index (κ1) is 15.2. The van der Waals surface area contributed by atoms with Gasteiger partial charge in [0.2, 0.25) is 0 Å². The van der Waals surface area contributed by atoms with Crippen molar-refractivity contribution < 1.29 is 4.79 Å². The Labute approximate surface area is 135 Å². The van der Waals surface area contributed by atoms with Crippen molar-refractivity contribution in [1.82, 2.24) is 15.2 Å². The summed E-state index contributed by atoms with van der Waals surface area (Å²) in [5.74, 6) is -0.0601. The molecular formula is C17H21N3OS. The van der Waals surface area contributed by atoms with Crippen molar-refractivity contribution in [1.29, 1.82) is 0 Å². The van der Waals surface area contributed by atoms with Crippen LogP contribution in [0.4, 0.5) is 0 Å². The number of amides is 1. The molecular weight excluding hydrogens is 294 g/mol. The third-order valence-electron chi connectivity index (χ3n) is 4.17. The lowest BCUT2D eigenvalue weighted by molar-refractivity contribution is 0.0941. The van der Waals surface area contributed by atoms with Gasteiger partial charge in [0.1, 0.15) is 0 Å². The lowest BCUT2D eigenvalue weighted by Crippen LogP contribution is -2.40. The van der Waals surface area contributed by atoms with Crippen LogP contribution in [0.5, 0.6) is 0 Å². The minimum Gasteiger partial charge on any atom is -0.348 e. The molecule has 1 fully saturated rings. The highest BCUT2D eigenvalue weighted by molar-refractivity contribution is 7.12. The Morgan fingerprint density at radius 3 is 3.00 bits per heavy atom. The Balaban J connectivity index is 1.60. The summed E-state index contributed by atoms with van der Waals surface area (Å²) < 4.78 is 0. The summed E-state index contributed by atoms with van der Waals surface area (Å²) in [6.45, 7) is 5.09. The van der Waals surface area contributed by atoms with Crippen LogP contribution in [0.3, 0.4) is 0 Å². The van der Waals surface area contributed by atoms with Crippen LogP contribution in [0, 0.1) is 0 Å². The zero-order valence-electron chi connectivity index (χ0n) is 12.8. The van der Waals surface area contributed by atoms with Crippen molar-refractivity contribution in [2.75, 3.05) is 19.6 Å². The van der Waals surface area contributed by atoms with Crippen molar-refractivity contribution in [2.24, 2.45) is 0 Å². The second-order valence-electron chi connectivity index (χ2n) is 5.54. The molecule has 2 heterocycles. The van der Waals surface area contributed by atoms with Gasteiger partial charge in [-0.3, -0.25) is 9.69 Å². The highest BCUT2D eigenvalue weighted by Gasteiger charge is 2.23. The second kappa shape index (κ2) is 7.03. The van der Waals surface area contributed by atoms with E-state index in [4.69, 9.17) is 0 Å². The van der Waals surface area contributed by atoms with Crippen LogP contribution < -0.4 is 5.32 Å². The minimum absolute atomic E-state index is 0.0601. The predicted octanol–water partition coefficient (Wildman–Crippen LogP) is 3.02. The Hall–Kier alpha value is -1.72.